The lowest BCUT2D eigenvalue weighted by Crippen LogP contribution is -2.31. The molecule has 0 aliphatic heterocycles. The first kappa shape index (κ1) is 19.9. The summed E-state index contributed by atoms with van der Waals surface area (Å²) >= 11 is 3.46. The molecule has 1 N–H and O–H groups in total. The van der Waals surface area contributed by atoms with Crippen LogP contribution in [0.15, 0.2) is 52.6 Å². The Morgan fingerprint density at radius 1 is 1.12 bits per heavy atom. The minimum absolute atomic E-state index is 0.214. The van der Waals surface area contributed by atoms with Crippen molar-refractivity contribution in [2.75, 3.05) is 0 Å². The summed E-state index contributed by atoms with van der Waals surface area (Å²) in [6, 6.07) is 15.6. The zero-order valence-electron chi connectivity index (χ0n) is 15.8. The van der Waals surface area contributed by atoms with Gasteiger partial charge >= 0.3 is 0 Å². The van der Waals surface area contributed by atoms with E-state index < -0.39 is 5.41 Å². The monoisotopic (exact) mass is 410 g/mol. The molecule has 0 aromatic heterocycles. The third-order valence-electron chi connectivity index (χ3n) is 4.17. The van der Waals surface area contributed by atoms with Crippen molar-refractivity contribution in [2.45, 2.75) is 34.6 Å². The van der Waals surface area contributed by atoms with Crippen molar-refractivity contribution in [1.29, 1.82) is 5.26 Å². The fourth-order valence-electron chi connectivity index (χ4n) is 2.72. The summed E-state index contributed by atoms with van der Waals surface area (Å²) in [4.78, 5) is 12.9. The van der Waals surface area contributed by atoms with Gasteiger partial charge in [-0.2, -0.15) is 5.26 Å². The van der Waals surface area contributed by atoms with Crippen LogP contribution in [-0.4, -0.2) is 5.91 Å². The molecule has 0 aliphatic carbocycles. The number of hydrogen-bond acceptors (Lipinski definition) is 2. The highest BCUT2D eigenvalue weighted by Gasteiger charge is 2.25. The molecule has 0 bridgehead atoms. The molecule has 0 fully saturated rings. The van der Waals surface area contributed by atoms with E-state index in [1.165, 1.54) is 0 Å². The van der Waals surface area contributed by atoms with E-state index in [2.05, 4.69) is 27.3 Å². The van der Waals surface area contributed by atoms with Crippen molar-refractivity contribution in [3.8, 4) is 6.07 Å². The number of nitrogens with one attached hydrogen (secondary N) is 1. The van der Waals surface area contributed by atoms with E-state index in [4.69, 9.17) is 0 Å². The summed E-state index contributed by atoms with van der Waals surface area (Å²) in [6.07, 6.45) is 0. The van der Waals surface area contributed by atoms with Crippen molar-refractivity contribution in [3.05, 3.63) is 74.9 Å². The van der Waals surface area contributed by atoms with Gasteiger partial charge in [0, 0.05) is 21.1 Å². The normalized spacial score (nSPS) is 12.2. The van der Waals surface area contributed by atoms with Gasteiger partial charge in [-0.3, -0.25) is 4.79 Å². The predicted octanol–water partition coefficient (Wildman–Crippen LogP) is 5.78. The molecule has 0 spiro atoms. The van der Waals surface area contributed by atoms with E-state index in [0.717, 1.165) is 21.2 Å². The number of aryl methyl sites for hydroxylation is 1. The number of rotatable bonds is 3. The van der Waals surface area contributed by atoms with Gasteiger partial charge in [0.25, 0.3) is 5.91 Å². The van der Waals surface area contributed by atoms with Gasteiger partial charge in [-0.15, -0.1) is 0 Å². The number of halogens is 1. The SMILES string of the molecule is Cc1cccc(C(C#N)=C(NC(=O)c2cccc(Br)c2C)C(C)(C)C)c1. The van der Waals surface area contributed by atoms with Gasteiger partial charge in [0.1, 0.15) is 6.07 Å². The molecule has 0 saturated heterocycles. The van der Waals surface area contributed by atoms with E-state index in [0.29, 0.717) is 16.8 Å². The first-order valence-corrected chi connectivity index (χ1v) is 9.23. The van der Waals surface area contributed by atoms with Gasteiger partial charge in [-0.05, 0) is 37.1 Å². The van der Waals surface area contributed by atoms with Crippen LogP contribution < -0.4 is 5.32 Å². The lowest BCUT2D eigenvalue weighted by atomic mass is 9.86. The van der Waals surface area contributed by atoms with Crippen LogP contribution in [-0.2, 0) is 0 Å². The summed E-state index contributed by atoms with van der Waals surface area (Å²) in [5, 5.41) is 12.8. The molecule has 134 valence electrons. The first-order chi connectivity index (χ1) is 12.1. The van der Waals surface area contributed by atoms with E-state index in [1.54, 1.807) is 6.07 Å². The number of carbonyl (C=O) groups is 1. The highest BCUT2D eigenvalue weighted by Crippen LogP contribution is 2.31. The molecule has 0 saturated carbocycles. The average molecular weight is 411 g/mol. The quantitative estimate of drug-likeness (QED) is 0.652. The maximum absolute atomic E-state index is 12.9. The Bertz CT molecular complexity index is 914. The van der Waals surface area contributed by atoms with Crippen LogP contribution in [0.25, 0.3) is 5.57 Å². The van der Waals surface area contributed by atoms with Crippen LogP contribution >= 0.6 is 15.9 Å². The highest BCUT2D eigenvalue weighted by molar-refractivity contribution is 9.10. The summed E-state index contributed by atoms with van der Waals surface area (Å²) in [5.74, 6) is -0.214. The average Bonchev–Trinajstić information content (AvgIpc) is 2.56. The smallest absolute Gasteiger partial charge is 0.255 e. The number of benzene rings is 2. The second-order valence-electron chi connectivity index (χ2n) is 7.35. The largest absolute Gasteiger partial charge is 0.324 e. The van der Waals surface area contributed by atoms with Crippen LogP contribution in [0, 0.1) is 30.6 Å². The van der Waals surface area contributed by atoms with Crippen molar-refractivity contribution in [1.82, 2.24) is 5.32 Å². The number of nitriles is 1. The van der Waals surface area contributed by atoms with Gasteiger partial charge in [0.2, 0.25) is 0 Å². The lowest BCUT2D eigenvalue weighted by molar-refractivity contribution is 0.0957. The number of carbonyl (C=O) groups excluding carboxylic acids is 1. The summed E-state index contributed by atoms with van der Waals surface area (Å²) in [5.41, 5.74) is 4.04. The zero-order chi connectivity index (χ0) is 19.5. The highest BCUT2D eigenvalue weighted by atomic mass is 79.9. The second kappa shape index (κ2) is 7.88. The maximum atomic E-state index is 12.9. The second-order valence-corrected chi connectivity index (χ2v) is 8.20. The van der Waals surface area contributed by atoms with Gasteiger partial charge in [-0.1, -0.05) is 72.6 Å². The van der Waals surface area contributed by atoms with Gasteiger partial charge < -0.3 is 5.32 Å². The summed E-state index contributed by atoms with van der Waals surface area (Å²) in [7, 11) is 0. The van der Waals surface area contributed by atoms with Crippen LogP contribution in [0.3, 0.4) is 0 Å². The Hall–Kier alpha value is -2.38. The molecular weight excluding hydrogens is 388 g/mol. The molecule has 4 heteroatoms. The Kier molecular flexibility index (Phi) is 6.05. The molecule has 26 heavy (non-hydrogen) atoms. The Morgan fingerprint density at radius 2 is 1.77 bits per heavy atom. The lowest BCUT2D eigenvalue weighted by Gasteiger charge is -2.26. The van der Waals surface area contributed by atoms with Gasteiger partial charge in [0.15, 0.2) is 0 Å². The molecule has 2 aromatic carbocycles. The molecule has 3 nitrogen and oxygen atoms in total. The van der Waals surface area contributed by atoms with Gasteiger partial charge in [-0.25, -0.2) is 0 Å². The number of nitrogens with zero attached hydrogens (tertiary/aromatic N) is 1. The number of allylic oxidation sites excluding steroid dienone is 2. The summed E-state index contributed by atoms with van der Waals surface area (Å²) in [6.45, 7) is 9.85. The molecule has 2 aromatic rings. The molecule has 1 amide bonds. The first-order valence-electron chi connectivity index (χ1n) is 8.43. The van der Waals surface area contributed by atoms with E-state index >= 15 is 0 Å². The zero-order valence-corrected chi connectivity index (χ0v) is 17.4. The van der Waals surface area contributed by atoms with Crippen LogP contribution in [0.1, 0.15) is 47.8 Å². The fraction of sp³-hybridized carbons (Fsp3) is 0.273. The molecule has 0 atom stereocenters. The third kappa shape index (κ3) is 4.42. The van der Waals surface area contributed by atoms with Crippen molar-refractivity contribution < 1.29 is 4.79 Å². The third-order valence-corrected chi connectivity index (χ3v) is 5.03. The fourth-order valence-corrected chi connectivity index (χ4v) is 3.09. The summed E-state index contributed by atoms with van der Waals surface area (Å²) < 4.78 is 0.880. The standard InChI is InChI=1S/C22H23BrN2O/c1-14-8-6-9-16(12-14)18(13-24)20(22(3,4)5)25-21(26)17-10-7-11-19(23)15(17)2/h6-12H,1-5H3,(H,25,26). The molecule has 2 rings (SSSR count). The van der Waals surface area contributed by atoms with Crippen molar-refractivity contribution >= 4 is 27.4 Å². The molecular formula is C22H23BrN2O. The minimum atomic E-state index is -0.398. The molecule has 0 heterocycles. The Morgan fingerprint density at radius 3 is 2.35 bits per heavy atom. The van der Waals surface area contributed by atoms with E-state index in [1.807, 2.05) is 71.0 Å². The van der Waals surface area contributed by atoms with Crippen LogP contribution in [0.5, 0.6) is 0 Å². The van der Waals surface area contributed by atoms with Crippen molar-refractivity contribution in [3.63, 3.8) is 0 Å². The van der Waals surface area contributed by atoms with Crippen LogP contribution in [0.2, 0.25) is 0 Å². The maximum Gasteiger partial charge on any atom is 0.255 e. The molecule has 0 aliphatic rings. The Balaban J connectivity index is 2.56. The van der Waals surface area contributed by atoms with Crippen LogP contribution in [0.4, 0.5) is 0 Å². The molecule has 0 radical (unpaired) electrons. The minimum Gasteiger partial charge on any atom is -0.324 e. The van der Waals surface area contributed by atoms with E-state index in [-0.39, 0.29) is 5.91 Å². The molecule has 0 unspecified atom stereocenters. The van der Waals surface area contributed by atoms with Gasteiger partial charge in [0.05, 0.1) is 5.57 Å². The topological polar surface area (TPSA) is 52.9 Å². The van der Waals surface area contributed by atoms with E-state index in [9.17, 15) is 10.1 Å². The Labute approximate surface area is 163 Å². The number of amides is 1. The van der Waals surface area contributed by atoms with Crippen molar-refractivity contribution in [2.24, 2.45) is 5.41 Å². The number of hydrogen-bond donors (Lipinski definition) is 1. The predicted molar refractivity (Wildman–Crippen MR) is 110 cm³/mol.